The summed E-state index contributed by atoms with van der Waals surface area (Å²) in [6, 6.07) is 11.3. The van der Waals surface area contributed by atoms with Crippen molar-refractivity contribution in [3.63, 3.8) is 0 Å². The van der Waals surface area contributed by atoms with Gasteiger partial charge in [-0.05, 0) is 29.8 Å². The van der Waals surface area contributed by atoms with Crippen LogP contribution in [0.15, 0.2) is 58.1 Å². The fourth-order valence-corrected chi connectivity index (χ4v) is 3.40. The van der Waals surface area contributed by atoms with Gasteiger partial charge < -0.3 is 10.1 Å². The number of aromatic nitrogens is 3. The predicted molar refractivity (Wildman–Crippen MR) is 106 cm³/mol. The van der Waals surface area contributed by atoms with E-state index >= 15 is 0 Å². The van der Waals surface area contributed by atoms with Gasteiger partial charge in [-0.3, -0.25) is 18.7 Å². The van der Waals surface area contributed by atoms with Crippen LogP contribution in [0.2, 0.25) is 0 Å². The molecule has 0 aliphatic rings. The number of hydrogen-bond donors (Lipinski definition) is 2. The summed E-state index contributed by atoms with van der Waals surface area (Å²) in [5.74, 6) is -1.25. The number of H-pyrrole nitrogens is 1. The number of fused-ring (bicyclic) bond motifs is 1. The Hall–Kier alpha value is -3.94. The number of aryl methyl sites for hydroxylation is 1. The third-order valence-electron chi connectivity index (χ3n) is 4.92. The molecule has 0 saturated heterocycles. The number of aromatic amines is 1. The van der Waals surface area contributed by atoms with Crippen LogP contribution in [0, 0.1) is 5.82 Å². The number of nitrogens with one attached hydrogen (secondary N) is 1. The van der Waals surface area contributed by atoms with Gasteiger partial charge >= 0.3 is 5.69 Å². The summed E-state index contributed by atoms with van der Waals surface area (Å²) in [5, 5.41) is 10.2. The van der Waals surface area contributed by atoms with Crippen molar-refractivity contribution in [1.82, 2.24) is 14.1 Å². The number of phenols is 1. The Morgan fingerprint density at radius 2 is 1.66 bits per heavy atom. The van der Waals surface area contributed by atoms with Crippen molar-refractivity contribution >= 4 is 16.8 Å². The molecular weight excluding hydrogens is 377 g/mol. The standard InChI is InChI=1S/C21H16FN3O4/c1-24-19-16(20(28)25(2)21(24)29)15(11-7-9-12(22)10-8-11)17(23-19)18(27)13-5-3-4-6-14(13)26/h3-10,23,26H,1-2H3. The van der Waals surface area contributed by atoms with Crippen molar-refractivity contribution in [3.8, 4) is 16.9 Å². The van der Waals surface area contributed by atoms with Crippen molar-refractivity contribution in [2.45, 2.75) is 0 Å². The molecule has 0 aliphatic heterocycles. The van der Waals surface area contributed by atoms with Gasteiger partial charge in [0.05, 0.1) is 16.6 Å². The van der Waals surface area contributed by atoms with E-state index in [1.807, 2.05) is 0 Å². The monoisotopic (exact) mass is 393 g/mol. The number of benzene rings is 2. The van der Waals surface area contributed by atoms with Gasteiger partial charge in [0.15, 0.2) is 0 Å². The molecule has 146 valence electrons. The van der Waals surface area contributed by atoms with Gasteiger partial charge in [-0.2, -0.15) is 0 Å². The quantitative estimate of drug-likeness (QED) is 0.522. The lowest BCUT2D eigenvalue weighted by Gasteiger charge is -2.07. The predicted octanol–water partition coefficient (Wildman–Crippen LogP) is 2.31. The molecule has 2 N–H and O–H groups in total. The molecule has 0 bridgehead atoms. The second-order valence-electron chi connectivity index (χ2n) is 6.66. The minimum Gasteiger partial charge on any atom is -0.507 e. The van der Waals surface area contributed by atoms with Gasteiger partial charge in [0, 0.05) is 19.7 Å². The maximum atomic E-state index is 13.5. The average Bonchev–Trinajstić information content (AvgIpc) is 3.12. The summed E-state index contributed by atoms with van der Waals surface area (Å²) in [6.07, 6.45) is 0. The van der Waals surface area contributed by atoms with Gasteiger partial charge in [0.1, 0.15) is 17.2 Å². The van der Waals surface area contributed by atoms with Crippen LogP contribution in [0.4, 0.5) is 4.39 Å². The highest BCUT2D eigenvalue weighted by molar-refractivity contribution is 6.17. The molecule has 2 aromatic carbocycles. The minimum atomic E-state index is -0.588. The molecule has 0 saturated carbocycles. The second kappa shape index (κ2) is 6.59. The number of halogens is 1. The van der Waals surface area contributed by atoms with Crippen LogP contribution in [0.5, 0.6) is 5.75 Å². The van der Waals surface area contributed by atoms with E-state index in [0.29, 0.717) is 5.56 Å². The van der Waals surface area contributed by atoms with Gasteiger partial charge in [0.2, 0.25) is 5.78 Å². The van der Waals surface area contributed by atoms with Gasteiger partial charge in [0.25, 0.3) is 5.56 Å². The van der Waals surface area contributed by atoms with Crippen molar-refractivity contribution in [2.24, 2.45) is 14.1 Å². The van der Waals surface area contributed by atoms with Gasteiger partial charge in [-0.1, -0.05) is 24.3 Å². The average molecular weight is 393 g/mol. The molecule has 4 aromatic rings. The Balaban J connectivity index is 2.15. The van der Waals surface area contributed by atoms with E-state index < -0.39 is 22.8 Å². The normalized spacial score (nSPS) is 11.1. The first-order valence-corrected chi connectivity index (χ1v) is 8.71. The number of ketones is 1. The molecule has 0 radical (unpaired) electrons. The lowest BCUT2D eigenvalue weighted by atomic mass is 9.98. The first-order chi connectivity index (χ1) is 13.8. The molecule has 0 atom stereocenters. The van der Waals surface area contributed by atoms with Crippen molar-refractivity contribution < 1.29 is 14.3 Å². The van der Waals surface area contributed by atoms with Crippen LogP contribution in [0.3, 0.4) is 0 Å². The van der Waals surface area contributed by atoms with E-state index in [4.69, 9.17) is 0 Å². The summed E-state index contributed by atoms with van der Waals surface area (Å²) in [6.45, 7) is 0. The maximum absolute atomic E-state index is 13.5. The van der Waals surface area contributed by atoms with Crippen molar-refractivity contribution in [2.75, 3.05) is 0 Å². The van der Waals surface area contributed by atoms with E-state index in [-0.39, 0.29) is 33.6 Å². The third kappa shape index (κ3) is 2.77. The first kappa shape index (κ1) is 18.4. The van der Waals surface area contributed by atoms with E-state index in [1.54, 1.807) is 12.1 Å². The maximum Gasteiger partial charge on any atom is 0.332 e. The molecule has 0 unspecified atom stereocenters. The molecule has 0 aliphatic carbocycles. The molecule has 29 heavy (non-hydrogen) atoms. The molecule has 2 aromatic heterocycles. The first-order valence-electron chi connectivity index (χ1n) is 8.71. The number of rotatable bonds is 3. The molecule has 0 spiro atoms. The summed E-state index contributed by atoms with van der Waals surface area (Å²) in [4.78, 5) is 41.3. The van der Waals surface area contributed by atoms with Crippen molar-refractivity contribution in [3.05, 3.63) is 86.4 Å². The SMILES string of the molecule is Cn1c(=O)c2c(-c3ccc(F)cc3)c(C(=O)c3ccccc3O)[nH]c2n(C)c1=O. The van der Waals surface area contributed by atoms with E-state index in [1.165, 1.54) is 55.1 Å². The molecule has 4 rings (SSSR count). The zero-order valence-electron chi connectivity index (χ0n) is 15.6. The molecular formula is C21H16FN3O4. The van der Waals surface area contributed by atoms with Crippen LogP contribution in [0.1, 0.15) is 16.1 Å². The summed E-state index contributed by atoms with van der Waals surface area (Å²) < 4.78 is 15.6. The largest absolute Gasteiger partial charge is 0.507 e. The number of para-hydroxylation sites is 1. The van der Waals surface area contributed by atoms with Crippen LogP contribution < -0.4 is 11.2 Å². The molecule has 0 amide bonds. The Morgan fingerprint density at radius 3 is 2.31 bits per heavy atom. The Labute approximate surface area is 163 Å². The second-order valence-corrected chi connectivity index (χ2v) is 6.66. The van der Waals surface area contributed by atoms with Crippen LogP contribution in [-0.4, -0.2) is 25.0 Å². The fraction of sp³-hybridized carbons (Fsp3) is 0.0952. The number of aromatic hydroxyl groups is 1. The molecule has 0 fully saturated rings. The Kier molecular flexibility index (Phi) is 4.19. The van der Waals surface area contributed by atoms with Crippen LogP contribution >= 0.6 is 0 Å². The van der Waals surface area contributed by atoms with Crippen molar-refractivity contribution in [1.29, 1.82) is 0 Å². The molecule has 2 heterocycles. The fourth-order valence-electron chi connectivity index (χ4n) is 3.40. The number of phenolic OH excluding ortho intramolecular Hbond substituents is 1. The molecule has 8 heteroatoms. The lowest BCUT2D eigenvalue weighted by Crippen LogP contribution is -2.36. The molecule has 7 nitrogen and oxygen atoms in total. The number of carbonyl (C=O) groups excluding carboxylic acids is 1. The zero-order chi connectivity index (χ0) is 20.9. The summed E-state index contributed by atoms with van der Waals surface area (Å²) in [5.41, 5.74) is -0.269. The highest BCUT2D eigenvalue weighted by Crippen LogP contribution is 2.33. The number of carbonyl (C=O) groups is 1. The zero-order valence-corrected chi connectivity index (χ0v) is 15.6. The van der Waals surface area contributed by atoms with Crippen LogP contribution in [0.25, 0.3) is 22.2 Å². The van der Waals surface area contributed by atoms with Crippen LogP contribution in [-0.2, 0) is 14.1 Å². The Bertz CT molecular complexity index is 1390. The van der Waals surface area contributed by atoms with E-state index in [2.05, 4.69) is 4.98 Å². The smallest absolute Gasteiger partial charge is 0.332 e. The summed E-state index contributed by atoms with van der Waals surface area (Å²) in [7, 11) is 2.82. The van der Waals surface area contributed by atoms with E-state index in [0.717, 1.165) is 4.57 Å². The minimum absolute atomic E-state index is 0.0198. The highest BCUT2D eigenvalue weighted by atomic mass is 19.1. The van der Waals surface area contributed by atoms with E-state index in [9.17, 15) is 23.9 Å². The highest BCUT2D eigenvalue weighted by Gasteiger charge is 2.26. The Morgan fingerprint density at radius 1 is 1.00 bits per heavy atom. The van der Waals surface area contributed by atoms with Gasteiger partial charge in [-0.15, -0.1) is 0 Å². The lowest BCUT2D eigenvalue weighted by molar-refractivity contribution is 0.103. The number of nitrogens with zero attached hydrogens (tertiary/aromatic N) is 2. The topological polar surface area (TPSA) is 97.1 Å². The third-order valence-corrected chi connectivity index (χ3v) is 4.92. The summed E-state index contributed by atoms with van der Waals surface area (Å²) >= 11 is 0. The van der Waals surface area contributed by atoms with Gasteiger partial charge in [-0.25, -0.2) is 9.18 Å². The number of hydrogen-bond acceptors (Lipinski definition) is 4.